The number of nitrogens with zero attached hydrogens (tertiary/aromatic N) is 2. The lowest BCUT2D eigenvalue weighted by Gasteiger charge is -2.13. The second-order valence-corrected chi connectivity index (χ2v) is 3.47. The monoisotopic (exact) mass is 320 g/mol. The summed E-state index contributed by atoms with van der Waals surface area (Å²) in [6.07, 6.45) is -9.05. The normalized spacial score (nSPS) is 12.1. The summed E-state index contributed by atoms with van der Waals surface area (Å²) >= 11 is 0. The molecule has 0 radical (unpaired) electrons. The van der Waals surface area contributed by atoms with Gasteiger partial charge in [-0.1, -0.05) is 0 Å². The molecule has 0 spiro atoms. The Morgan fingerprint density at radius 1 is 1.00 bits per heavy atom. The van der Waals surface area contributed by atoms with Crippen LogP contribution in [-0.4, -0.2) is 46.6 Å². The number of aromatic carboxylic acids is 1. The van der Waals surface area contributed by atoms with E-state index in [-0.39, 0.29) is 0 Å². The number of carbonyl (C=O) groups is 1. The molecule has 0 aliphatic rings. The van der Waals surface area contributed by atoms with E-state index in [4.69, 9.17) is 5.11 Å². The molecule has 0 atom stereocenters. The Bertz CT molecular complexity index is 480. The first-order valence-corrected chi connectivity index (χ1v) is 4.97. The van der Waals surface area contributed by atoms with Crippen LogP contribution in [-0.2, 0) is 0 Å². The minimum absolute atomic E-state index is 0.518. The highest BCUT2D eigenvalue weighted by Gasteiger charge is 2.33. The lowest BCUT2D eigenvalue weighted by Crippen LogP contribution is -2.23. The summed E-state index contributed by atoms with van der Waals surface area (Å²) < 4.78 is 80.1. The first-order chi connectivity index (χ1) is 9.49. The molecule has 1 aromatic rings. The average Bonchev–Trinajstić information content (AvgIpc) is 2.31. The van der Waals surface area contributed by atoms with Crippen molar-refractivity contribution in [1.82, 2.24) is 9.97 Å². The zero-order valence-corrected chi connectivity index (χ0v) is 9.83. The predicted molar refractivity (Wildman–Crippen MR) is 52.1 cm³/mol. The van der Waals surface area contributed by atoms with Crippen LogP contribution in [0.25, 0.3) is 0 Å². The minimum Gasteiger partial charge on any atom is -0.477 e. The van der Waals surface area contributed by atoms with Gasteiger partial charge in [0.2, 0.25) is 11.8 Å². The summed E-state index contributed by atoms with van der Waals surface area (Å²) in [4.78, 5) is 17.2. The van der Waals surface area contributed by atoms with Crippen molar-refractivity contribution >= 4 is 5.97 Å². The van der Waals surface area contributed by atoms with Crippen LogP contribution in [0.5, 0.6) is 11.8 Å². The van der Waals surface area contributed by atoms with Gasteiger partial charge >= 0.3 is 18.3 Å². The molecule has 118 valence electrons. The molecule has 1 heterocycles. The quantitative estimate of drug-likeness (QED) is 0.836. The molecule has 0 fully saturated rings. The van der Waals surface area contributed by atoms with Crippen LogP contribution in [0.2, 0.25) is 0 Å². The van der Waals surface area contributed by atoms with E-state index in [1.165, 1.54) is 0 Å². The molecule has 12 heteroatoms. The Labute approximate surface area is 112 Å². The molecule has 1 aromatic heterocycles. The van der Waals surface area contributed by atoms with E-state index in [1.54, 1.807) is 0 Å². The van der Waals surface area contributed by atoms with Crippen LogP contribution >= 0.6 is 0 Å². The van der Waals surface area contributed by atoms with Gasteiger partial charge in [0.15, 0.2) is 18.8 Å². The molecule has 0 aliphatic carbocycles. The summed E-state index contributed by atoms with van der Waals surface area (Å²) in [6.45, 7) is -3.74. The summed E-state index contributed by atoms with van der Waals surface area (Å²) in [5.41, 5.74) is -1.13. The van der Waals surface area contributed by atoms with E-state index in [0.717, 1.165) is 0 Å². The molecule has 21 heavy (non-hydrogen) atoms. The largest absolute Gasteiger partial charge is 0.477 e. The number of hydrogen-bond donors (Lipinski definition) is 1. The van der Waals surface area contributed by atoms with Crippen molar-refractivity contribution < 1.29 is 45.7 Å². The third-order valence-electron chi connectivity index (χ3n) is 1.74. The number of carboxylic acid groups (broad SMARTS) is 1. The fraction of sp³-hybridized carbons (Fsp3) is 0.444. The molecule has 1 rings (SSSR count). The van der Waals surface area contributed by atoms with Crippen LogP contribution in [0, 0.1) is 0 Å². The van der Waals surface area contributed by atoms with Crippen LogP contribution < -0.4 is 9.47 Å². The van der Waals surface area contributed by atoms with Crippen molar-refractivity contribution in [3.63, 3.8) is 0 Å². The summed E-state index contributed by atoms with van der Waals surface area (Å²) in [5, 5.41) is 8.80. The van der Waals surface area contributed by atoms with Gasteiger partial charge in [-0.15, -0.1) is 0 Å². The number of hydrogen-bond acceptors (Lipinski definition) is 5. The van der Waals surface area contributed by atoms with Gasteiger partial charge in [0.25, 0.3) is 0 Å². The maximum atomic E-state index is 12.0. The number of ether oxygens (including phenoxy) is 2. The van der Waals surface area contributed by atoms with Crippen molar-refractivity contribution in [2.75, 3.05) is 13.2 Å². The number of rotatable bonds is 5. The average molecular weight is 320 g/mol. The van der Waals surface area contributed by atoms with Gasteiger partial charge < -0.3 is 14.6 Å². The van der Waals surface area contributed by atoms with E-state index in [0.29, 0.717) is 6.33 Å². The van der Waals surface area contributed by atoms with Crippen LogP contribution in [0.4, 0.5) is 26.3 Å². The van der Waals surface area contributed by atoms with Gasteiger partial charge in [-0.25, -0.2) is 14.8 Å². The topological polar surface area (TPSA) is 81.5 Å². The maximum absolute atomic E-state index is 12.0. The fourth-order valence-electron chi connectivity index (χ4n) is 1.06. The highest BCUT2D eigenvalue weighted by molar-refractivity contribution is 5.92. The van der Waals surface area contributed by atoms with Gasteiger partial charge in [0, 0.05) is 0 Å². The number of halogens is 6. The Morgan fingerprint density at radius 2 is 1.38 bits per heavy atom. The standard InChI is InChI=1S/C9H6F6N2O4/c10-8(11,12)1-20-5-4(7(18)19)6(17-3-16-5)21-2-9(13,14)15/h3H,1-2H2,(H,18,19). The third-order valence-corrected chi connectivity index (χ3v) is 1.74. The van der Waals surface area contributed by atoms with Gasteiger partial charge in [-0.3, -0.25) is 0 Å². The number of carboxylic acids is 1. The molecule has 0 aliphatic heterocycles. The molecule has 0 unspecified atom stereocenters. The molecule has 6 nitrogen and oxygen atoms in total. The summed E-state index contributed by atoms with van der Waals surface area (Å²) in [7, 11) is 0. The van der Waals surface area contributed by atoms with Crippen LogP contribution in [0.15, 0.2) is 6.33 Å². The Kier molecular flexibility index (Phi) is 4.80. The molecule has 0 amide bonds. The zero-order chi connectivity index (χ0) is 16.3. The molecule has 0 saturated carbocycles. The van der Waals surface area contributed by atoms with Crippen LogP contribution in [0.3, 0.4) is 0 Å². The fourth-order valence-corrected chi connectivity index (χ4v) is 1.06. The van der Waals surface area contributed by atoms with Gasteiger partial charge in [-0.2, -0.15) is 26.3 Å². The van der Waals surface area contributed by atoms with E-state index in [2.05, 4.69) is 19.4 Å². The second-order valence-electron chi connectivity index (χ2n) is 3.47. The van der Waals surface area contributed by atoms with Crippen molar-refractivity contribution in [3.05, 3.63) is 11.9 Å². The van der Waals surface area contributed by atoms with Crippen molar-refractivity contribution in [1.29, 1.82) is 0 Å². The lowest BCUT2D eigenvalue weighted by molar-refractivity contribution is -0.154. The Balaban J connectivity index is 3.01. The first kappa shape index (κ1) is 16.8. The van der Waals surface area contributed by atoms with Crippen molar-refractivity contribution in [2.45, 2.75) is 12.4 Å². The zero-order valence-electron chi connectivity index (χ0n) is 9.83. The van der Waals surface area contributed by atoms with Gasteiger partial charge in [-0.05, 0) is 0 Å². The molecule has 0 aromatic carbocycles. The second kappa shape index (κ2) is 6.01. The highest BCUT2D eigenvalue weighted by atomic mass is 19.4. The first-order valence-electron chi connectivity index (χ1n) is 4.97. The number of aromatic nitrogens is 2. The highest BCUT2D eigenvalue weighted by Crippen LogP contribution is 2.27. The molecule has 1 N–H and O–H groups in total. The SMILES string of the molecule is O=C(O)c1c(OCC(F)(F)F)ncnc1OCC(F)(F)F. The third kappa shape index (κ3) is 5.71. The Morgan fingerprint density at radius 3 is 1.67 bits per heavy atom. The molecular formula is C9H6F6N2O4. The molecule has 0 saturated heterocycles. The van der Waals surface area contributed by atoms with E-state index in [9.17, 15) is 31.1 Å². The lowest BCUT2D eigenvalue weighted by atomic mass is 10.3. The van der Waals surface area contributed by atoms with Crippen molar-refractivity contribution in [3.8, 4) is 11.8 Å². The van der Waals surface area contributed by atoms with E-state index in [1.807, 2.05) is 0 Å². The number of alkyl halides is 6. The van der Waals surface area contributed by atoms with Gasteiger partial charge in [0.05, 0.1) is 0 Å². The smallest absolute Gasteiger partial charge is 0.422 e. The van der Waals surface area contributed by atoms with E-state index < -0.39 is 48.9 Å². The van der Waals surface area contributed by atoms with E-state index >= 15 is 0 Å². The molecule has 0 bridgehead atoms. The minimum atomic E-state index is -4.78. The van der Waals surface area contributed by atoms with Crippen molar-refractivity contribution in [2.24, 2.45) is 0 Å². The summed E-state index contributed by atoms with van der Waals surface area (Å²) in [6, 6.07) is 0. The van der Waals surface area contributed by atoms with Crippen LogP contribution in [0.1, 0.15) is 10.4 Å². The Hall–Kier alpha value is -2.27. The van der Waals surface area contributed by atoms with Gasteiger partial charge in [0.1, 0.15) is 6.33 Å². The maximum Gasteiger partial charge on any atom is 0.422 e. The summed E-state index contributed by atoms with van der Waals surface area (Å²) in [5.74, 6) is -4.00. The predicted octanol–water partition coefficient (Wildman–Crippen LogP) is 2.06. The molecular weight excluding hydrogens is 314 g/mol.